The normalized spacial score (nSPS) is 12.5. The van der Waals surface area contributed by atoms with Gasteiger partial charge >= 0.3 is 17.9 Å². The van der Waals surface area contributed by atoms with E-state index >= 15 is 0 Å². The number of unbranched alkanes of at least 4 members (excludes halogenated alkanes) is 25. The largest absolute Gasteiger partial charge is 0.462 e. The highest BCUT2D eigenvalue weighted by atomic mass is 16.6. The molecule has 0 saturated carbocycles. The molecular weight excluding hydrogens is 733 g/mol. The van der Waals surface area contributed by atoms with Crippen LogP contribution in [-0.4, -0.2) is 37.2 Å². The summed E-state index contributed by atoms with van der Waals surface area (Å²) in [6.45, 7) is 6.45. The molecule has 6 heteroatoms. The molecule has 0 amide bonds. The maximum Gasteiger partial charge on any atom is 0.306 e. The summed E-state index contributed by atoms with van der Waals surface area (Å²) in [4.78, 5) is 37.9. The van der Waals surface area contributed by atoms with Gasteiger partial charge in [0.25, 0.3) is 0 Å². The van der Waals surface area contributed by atoms with Gasteiger partial charge in [0.2, 0.25) is 0 Å². The summed E-state index contributed by atoms with van der Waals surface area (Å²) in [6.07, 6.45) is 57.7. The monoisotopic (exact) mass is 825 g/mol. The summed E-state index contributed by atoms with van der Waals surface area (Å²) in [5, 5.41) is 0. The van der Waals surface area contributed by atoms with E-state index in [-0.39, 0.29) is 31.1 Å². The molecule has 0 bridgehead atoms. The highest BCUT2D eigenvalue weighted by molar-refractivity contribution is 5.71. The van der Waals surface area contributed by atoms with E-state index in [0.29, 0.717) is 19.3 Å². The number of carbonyl (C=O) groups excluding carboxylic acids is 3. The summed E-state index contributed by atoms with van der Waals surface area (Å²) in [6, 6.07) is 0. The maximum atomic E-state index is 12.7. The Morgan fingerprint density at radius 1 is 0.356 bits per heavy atom. The Labute approximate surface area is 364 Å². The standard InChI is InChI=1S/C53H92O6/c1-4-7-10-13-16-19-22-25-26-29-31-34-37-40-43-46-52(55)58-49-50(59-53(56)47-44-41-38-35-32-28-24-21-18-15-12-9-6-3)48-57-51(54)45-42-39-36-33-30-27-23-20-17-14-11-8-5-2/h9,12,15,18-19,21-22,24,27,30,50H,4-8,10-11,13-14,16-17,20,23,25-26,28-29,31-49H2,1-3H3/b12-9+,18-15+,22-19+,24-21+,30-27+. The summed E-state index contributed by atoms with van der Waals surface area (Å²) < 4.78 is 16.7. The minimum absolute atomic E-state index is 0.0896. The lowest BCUT2D eigenvalue weighted by molar-refractivity contribution is -0.167. The summed E-state index contributed by atoms with van der Waals surface area (Å²) in [5.41, 5.74) is 0. The molecule has 1 atom stereocenters. The van der Waals surface area contributed by atoms with E-state index in [9.17, 15) is 14.4 Å². The van der Waals surface area contributed by atoms with Gasteiger partial charge in [0.1, 0.15) is 13.2 Å². The minimum atomic E-state index is -0.790. The van der Waals surface area contributed by atoms with Crippen LogP contribution in [-0.2, 0) is 28.6 Å². The molecule has 0 aliphatic heterocycles. The van der Waals surface area contributed by atoms with E-state index in [1.165, 1.54) is 103 Å². The minimum Gasteiger partial charge on any atom is -0.462 e. The van der Waals surface area contributed by atoms with Crippen LogP contribution in [0.5, 0.6) is 0 Å². The number of allylic oxidation sites excluding steroid dienone is 10. The van der Waals surface area contributed by atoms with Crippen molar-refractivity contribution in [2.75, 3.05) is 13.2 Å². The first-order chi connectivity index (χ1) is 29.0. The van der Waals surface area contributed by atoms with Crippen LogP contribution < -0.4 is 0 Å². The number of hydrogen-bond acceptors (Lipinski definition) is 6. The molecule has 1 unspecified atom stereocenters. The molecule has 0 aromatic heterocycles. The Bertz CT molecular complexity index is 1090. The fraction of sp³-hybridized carbons (Fsp3) is 0.755. The van der Waals surface area contributed by atoms with Crippen LogP contribution >= 0.6 is 0 Å². The van der Waals surface area contributed by atoms with Gasteiger partial charge < -0.3 is 14.2 Å². The third-order valence-corrected chi connectivity index (χ3v) is 10.5. The van der Waals surface area contributed by atoms with Crippen LogP contribution in [0.25, 0.3) is 0 Å². The lowest BCUT2D eigenvalue weighted by Crippen LogP contribution is -2.30. The van der Waals surface area contributed by atoms with E-state index in [2.05, 4.69) is 81.5 Å². The van der Waals surface area contributed by atoms with E-state index in [0.717, 1.165) is 96.3 Å². The Balaban J connectivity index is 4.42. The van der Waals surface area contributed by atoms with Gasteiger partial charge in [0, 0.05) is 19.3 Å². The van der Waals surface area contributed by atoms with Crippen molar-refractivity contribution in [2.24, 2.45) is 0 Å². The molecule has 0 fully saturated rings. The Kier molecular flexibility index (Phi) is 45.4. The second-order valence-corrected chi connectivity index (χ2v) is 16.4. The van der Waals surface area contributed by atoms with E-state index in [1.807, 2.05) is 0 Å². The molecule has 0 radical (unpaired) electrons. The van der Waals surface area contributed by atoms with Gasteiger partial charge in [0.15, 0.2) is 6.10 Å². The first kappa shape index (κ1) is 56.1. The van der Waals surface area contributed by atoms with Crippen LogP contribution in [0.4, 0.5) is 0 Å². The zero-order chi connectivity index (χ0) is 43.0. The Hall–Kier alpha value is -2.89. The van der Waals surface area contributed by atoms with Gasteiger partial charge in [-0.3, -0.25) is 14.4 Å². The Morgan fingerprint density at radius 3 is 1.10 bits per heavy atom. The van der Waals surface area contributed by atoms with E-state index in [1.54, 1.807) is 0 Å². The van der Waals surface area contributed by atoms with Crippen molar-refractivity contribution in [2.45, 2.75) is 245 Å². The van der Waals surface area contributed by atoms with Crippen molar-refractivity contribution in [3.05, 3.63) is 60.8 Å². The van der Waals surface area contributed by atoms with Gasteiger partial charge in [-0.05, 0) is 89.9 Å². The van der Waals surface area contributed by atoms with Crippen molar-refractivity contribution < 1.29 is 28.6 Å². The molecule has 0 aliphatic rings. The number of carbonyl (C=O) groups is 3. The topological polar surface area (TPSA) is 78.9 Å². The van der Waals surface area contributed by atoms with Crippen LogP contribution in [0.1, 0.15) is 239 Å². The zero-order valence-corrected chi connectivity index (χ0v) is 38.8. The van der Waals surface area contributed by atoms with Crippen LogP contribution in [0.3, 0.4) is 0 Å². The predicted molar refractivity (Wildman–Crippen MR) is 251 cm³/mol. The van der Waals surface area contributed by atoms with Gasteiger partial charge in [-0.1, -0.05) is 191 Å². The molecule has 0 saturated heterocycles. The van der Waals surface area contributed by atoms with Crippen molar-refractivity contribution in [1.29, 1.82) is 0 Å². The number of esters is 3. The second kappa shape index (κ2) is 47.8. The average Bonchev–Trinajstić information content (AvgIpc) is 3.23. The van der Waals surface area contributed by atoms with E-state index in [4.69, 9.17) is 14.2 Å². The third-order valence-electron chi connectivity index (χ3n) is 10.5. The Morgan fingerprint density at radius 2 is 0.678 bits per heavy atom. The van der Waals surface area contributed by atoms with Crippen LogP contribution in [0.2, 0.25) is 0 Å². The molecule has 0 aliphatic carbocycles. The van der Waals surface area contributed by atoms with E-state index < -0.39 is 6.10 Å². The third kappa shape index (κ3) is 46.0. The van der Waals surface area contributed by atoms with Crippen LogP contribution in [0.15, 0.2) is 60.8 Å². The highest BCUT2D eigenvalue weighted by Gasteiger charge is 2.19. The average molecular weight is 825 g/mol. The fourth-order valence-corrected chi connectivity index (χ4v) is 6.78. The summed E-state index contributed by atoms with van der Waals surface area (Å²) in [5.74, 6) is -0.930. The lowest BCUT2D eigenvalue weighted by Gasteiger charge is -2.18. The van der Waals surface area contributed by atoms with Crippen molar-refractivity contribution in [3.8, 4) is 0 Å². The van der Waals surface area contributed by atoms with Crippen molar-refractivity contribution in [3.63, 3.8) is 0 Å². The van der Waals surface area contributed by atoms with Gasteiger partial charge in [-0.2, -0.15) is 0 Å². The molecule has 0 rings (SSSR count). The number of rotatable bonds is 44. The first-order valence-electron chi connectivity index (χ1n) is 24.8. The molecule has 6 nitrogen and oxygen atoms in total. The zero-order valence-electron chi connectivity index (χ0n) is 38.8. The predicted octanol–water partition coefficient (Wildman–Crippen LogP) is 16.1. The summed E-state index contributed by atoms with van der Waals surface area (Å²) >= 11 is 0. The lowest BCUT2D eigenvalue weighted by atomic mass is 10.1. The SMILES string of the molecule is CC/C=C/C=C/C=C/CCCCCCCC(=O)OC(COC(=O)CCCCC/C=C/CCCCCCCC)COC(=O)CCCCCCCCC/C=C/CCCCCC. The fourth-order valence-electron chi connectivity index (χ4n) is 6.78. The van der Waals surface area contributed by atoms with Crippen LogP contribution in [0, 0.1) is 0 Å². The maximum absolute atomic E-state index is 12.7. The molecule has 0 heterocycles. The molecule has 340 valence electrons. The van der Waals surface area contributed by atoms with Crippen molar-refractivity contribution >= 4 is 17.9 Å². The number of ether oxygens (including phenoxy) is 3. The van der Waals surface area contributed by atoms with Gasteiger partial charge in [-0.25, -0.2) is 0 Å². The number of hydrogen-bond donors (Lipinski definition) is 0. The quantitative estimate of drug-likeness (QED) is 0.0200. The summed E-state index contributed by atoms with van der Waals surface area (Å²) in [7, 11) is 0. The molecule has 0 spiro atoms. The highest BCUT2D eigenvalue weighted by Crippen LogP contribution is 2.14. The van der Waals surface area contributed by atoms with Gasteiger partial charge in [-0.15, -0.1) is 0 Å². The molecule has 0 aromatic carbocycles. The molecular formula is C53H92O6. The molecule has 0 aromatic rings. The first-order valence-corrected chi connectivity index (χ1v) is 24.8. The second-order valence-electron chi connectivity index (χ2n) is 16.4. The molecule has 59 heavy (non-hydrogen) atoms. The molecule has 0 N–H and O–H groups in total. The smallest absolute Gasteiger partial charge is 0.306 e. The van der Waals surface area contributed by atoms with Crippen molar-refractivity contribution in [1.82, 2.24) is 0 Å². The van der Waals surface area contributed by atoms with Gasteiger partial charge in [0.05, 0.1) is 0 Å².